The van der Waals surface area contributed by atoms with Crippen LogP contribution in [-0.4, -0.2) is 32.3 Å². The van der Waals surface area contributed by atoms with Gasteiger partial charge < -0.3 is 10.2 Å². The SMILES string of the molecule is CC(=O)Nc1cccc(-n2cnnc2SCC(=O)N(Cc2ccccc2)c2ccccc2)c1. The largest absolute Gasteiger partial charge is 0.326 e. The predicted octanol–water partition coefficient (Wildman–Crippen LogP) is 4.55. The molecular weight excluding hydrogens is 434 g/mol. The molecule has 0 aliphatic carbocycles. The van der Waals surface area contributed by atoms with Crippen LogP contribution in [0.2, 0.25) is 0 Å². The lowest BCUT2D eigenvalue weighted by Crippen LogP contribution is -2.32. The third-order valence-corrected chi connectivity index (χ3v) is 5.77. The first kappa shape index (κ1) is 22.3. The number of aromatic nitrogens is 3. The van der Waals surface area contributed by atoms with Gasteiger partial charge in [0.2, 0.25) is 11.8 Å². The van der Waals surface area contributed by atoms with E-state index in [2.05, 4.69) is 15.5 Å². The first-order valence-corrected chi connectivity index (χ1v) is 11.4. The van der Waals surface area contributed by atoms with Gasteiger partial charge in [0.05, 0.1) is 18.0 Å². The van der Waals surface area contributed by atoms with Gasteiger partial charge in [-0.3, -0.25) is 14.2 Å². The lowest BCUT2D eigenvalue weighted by Gasteiger charge is -2.23. The predicted molar refractivity (Wildman–Crippen MR) is 130 cm³/mol. The summed E-state index contributed by atoms with van der Waals surface area (Å²) in [5, 5.41) is 11.6. The number of benzene rings is 3. The molecular formula is C25H23N5O2S. The molecule has 0 spiro atoms. The summed E-state index contributed by atoms with van der Waals surface area (Å²) < 4.78 is 1.80. The van der Waals surface area contributed by atoms with E-state index in [1.807, 2.05) is 84.9 Å². The Hall–Kier alpha value is -3.91. The number of carbonyl (C=O) groups excluding carboxylic acids is 2. The van der Waals surface area contributed by atoms with Crippen LogP contribution >= 0.6 is 11.8 Å². The molecule has 0 bridgehead atoms. The van der Waals surface area contributed by atoms with Gasteiger partial charge in [-0.2, -0.15) is 0 Å². The monoisotopic (exact) mass is 457 g/mol. The summed E-state index contributed by atoms with van der Waals surface area (Å²) in [4.78, 5) is 26.4. The Bertz CT molecular complexity index is 1230. The fourth-order valence-corrected chi connectivity index (χ4v) is 4.14. The molecule has 1 aromatic heterocycles. The second-order valence-corrected chi connectivity index (χ2v) is 8.25. The van der Waals surface area contributed by atoms with E-state index in [0.717, 1.165) is 16.9 Å². The average Bonchev–Trinajstić information content (AvgIpc) is 3.31. The van der Waals surface area contributed by atoms with Crippen LogP contribution in [0, 0.1) is 0 Å². The summed E-state index contributed by atoms with van der Waals surface area (Å²) in [6.45, 7) is 1.95. The van der Waals surface area contributed by atoms with Crippen molar-refractivity contribution >= 4 is 35.0 Å². The molecule has 0 radical (unpaired) electrons. The van der Waals surface area contributed by atoms with Gasteiger partial charge in [0.1, 0.15) is 6.33 Å². The maximum absolute atomic E-state index is 13.3. The van der Waals surface area contributed by atoms with Crippen LogP contribution in [0.5, 0.6) is 0 Å². The molecule has 0 aliphatic heterocycles. The van der Waals surface area contributed by atoms with E-state index < -0.39 is 0 Å². The lowest BCUT2D eigenvalue weighted by molar-refractivity contribution is -0.116. The van der Waals surface area contributed by atoms with Gasteiger partial charge in [-0.05, 0) is 35.9 Å². The summed E-state index contributed by atoms with van der Waals surface area (Å²) in [6.07, 6.45) is 1.60. The van der Waals surface area contributed by atoms with Crippen molar-refractivity contribution in [2.45, 2.75) is 18.6 Å². The van der Waals surface area contributed by atoms with Crippen molar-refractivity contribution in [3.8, 4) is 5.69 Å². The highest BCUT2D eigenvalue weighted by atomic mass is 32.2. The standard InChI is InChI=1S/C25H23N5O2S/c1-19(31)27-21-11-8-14-23(15-21)30-18-26-28-25(30)33-17-24(32)29(22-12-6-3-7-13-22)16-20-9-4-2-5-10-20/h2-15,18H,16-17H2,1H3,(H,27,31). The smallest absolute Gasteiger partial charge is 0.237 e. The minimum atomic E-state index is -0.143. The number of nitrogens with zero attached hydrogens (tertiary/aromatic N) is 4. The molecule has 0 aliphatic rings. The Morgan fingerprint density at radius 2 is 1.70 bits per heavy atom. The van der Waals surface area contributed by atoms with Crippen molar-refractivity contribution in [1.82, 2.24) is 14.8 Å². The van der Waals surface area contributed by atoms with Gasteiger partial charge >= 0.3 is 0 Å². The maximum atomic E-state index is 13.3. The van der Waals surface area contributed by atoms with Crippen LogP contribution in [-0.2, 0) is 16.1 Å². The van der Waals surface area contributed by atoms with E-state index in [1.54, 1.807) is 15.8 Å². The number of rotatable bonds is 8. The Morgan fingerprint density at radius 3 is 2.42 bits per heavy atom. The summed E-state index contributed by atoms with van der Waals surface area (Å²) >= 11 is 1.32. The number of thioether (sulfide) groups is 1. The normalized spacial score (nSPS) is 10.6. The molecule has 0 unspecified atom stereocenters. The van der Waals surface area contributed by atoms with Crippen LogP contribution in [0.3, 0.4) is 0 Å². The van der Waals surface area contributed by atoms with E-state index in [-0.39, 0.29) is 17.6 Å². The third-order valence-electron chi connectivity index (χ3n) is 4.84. The molecule has 1 N–H and O–H groups in total. The molecule has 0 fully saturated rings. The Labute approximate surface area is 196 Å². The van der Waals surface area contributed by atoms with E-state index in [4.69, 9.17) is 0 Å². The Kier molecular flexibility index (Phi) is 7.16. The van der Waals surface area contributed by atoms with Crippen LogP contribution in [0.15, 0.2) is 96.4 Å². The van der Waals surface area contributed by atoms with Crippen LogP contribution in [0.4, 0.5) is 11.4 Å². The van der Waals surface area contributed by atoms with Gasteiger partial charge in [0.15, 0.2) is 5.16 Å². The van der Waals surface area contributed by atoms with E-state index in [9.17, 15) is 9.59 Å². The van der Waals surface area contributed by atoms with Gasteiger partial charge in [-0.1, -0.05) is 66.4 Å². The molecule has 1 heterocycles. The summed E-state index contributed by atoms with van der Waals surface area (Å²) in [5.74, 6) is 0.0262. The first-order valence-electron chi connectivity index (χ1n) is 10.4. The first-order chi connectivity index (χ1) is 16.1. The van der Waals surface area contributed by atoms with Crippen molar-refractivity contribution in [2.24, 2.45) is 0 Å². The highest BCUT2D eigenvalue weighted by molar-refractivity contribution is 7.99. The number of anilines is 2. The van der Waals surface area contributed by atoms with Gasteiger partial charge in [0.25, 0.3) is 0 Å². The average molecular weight is 458 g/mol. The molecule has 0 atom stereocenters. The van der Waals surface area contributed by atoms with Crippen LogP contribution in [0.25, 0.3) is 5.69 Å². The van der Waals surface area contributed by atoms with E-state index >= 15 is 0 Å². The fraction of sp³-hybridized carbons (Fsp3) is 0.120. The number of hydrogen-bond donors (Lipinski definition) is 1. The highest BCUT2D eigenvalue weighted by Crippen LogP contribution is 2.24. The van der Waals surface area contributed by atoms with Gasteiger partial charge in [-0.15, -0.1) is 10.2 Å². The molecule has 7 nitrogen and oxygen atoms in total. The van der Waals surface area contributed by atoms with Crippen LogP contribution in [0.1, 0.15) is 12.5 Å². The zero-order chi connectivity index (χ0) is 23.0. The zero-order valence-electron chi connectivity index (χ0n) is 18.1. The van der Waals surface area contributed by atoms with Crippen molar-refractivity contribution in [1.29, 1.82) is 0 Å². The zero-order valence-corrected chi connectivity index (χ0v) is 18.9. The minimum absolute atomic E-state index is 0.0309. The molecule has 4 aromatic rings. The van der Waals surface area contributed by atoms with Crippen molar-refractivity contribution in [3.63, 3.8) is 0 Å². The summed E-state index contributed by atoms with van der Waals surface area (Å²) in [5.41, 5.74) is 3.37. The van der Waals surface area contributed by atoms with E-state index in [1.165, 1.54) is 18.7 Å². The Morgan fingerprint density at radius 1 is 0.970 bits per heavy atom. The summed E-state index contributed by atoms with van der Waals surface area (Å²) in [7, 11) is 0. The molecule has 33 heavy (non-hydrogen) atoms. The highest BCUT2D eigenvalue weighted by Gasteiger charge is 2.18. The topological polar surface area (TPSA) is 80.1 Å². The summed E-state index contributed by atoms with van der Waals surface area (Å²) in [6, 6.07) is 26.9. The number of amides is 2. The van der Waals surface area contributed by atoms with E-state index in [0.29, 0.717) is 17.4 Å². The number of para-hydroxylation sites is 1. The number of carbonyl (C=O) groups is 2. The molecule has 0 saturated heterocycles. The lowest BCUT2D eigenvalue weighted by atomic mass is 10.2. The third kappa shape index (κ3) is 5.87. The quantitative estimate of drug-likeness (QED) is 0.393. The molecule has 3 aromatic carbocycles. The van der Waals surface area contributed by atoms with Crippen molar-refractivity contribution in [3.05, 3.63) is 96.8 Å². The minimum Gasteiger partial charge on any atom is -0.326 e. The van der Waals surface area contributed by atoms with Crippen LogP contribution < -0.4 is 10.2 Å². The van der Waals surface area contributed by atoms with Gasteiger partial charge in [0, 0.05) is 18.3 Å². The second-order valence-electron chi connectivity index (χ2n) is 7.30. The molecule has 166 valence electrons. The number of hydrogen-bond acceptors (Lipinski definition) is 5. The second kappa shape index (κ2) is 10.6. The molecule has 0 saturated carbocycles. The number of nitrogens with one attached hydrogen (secondary N) is 1. The van der Waals surface area contributed by atoms with Crippen molar-refractivity contribution in [2.75, 3.05) is 16.0 Å². The maximum Gasteiger partial charge on any atom is 0.237 e. The molecule has 4 rings (SSSR count). The van der Waals surface area contributed by atoms with Crippen molar-refractivity contribution < 1.29 is 9.59 Å². The van der Waals surface area contributed by atoms with Gasteiger partial charge in [-0.25, -0.2) is 0 Å². The fourth-order valence-electron chi connectivity index (χ4n) is 3.34. The Balaban J connectivity index is 1.51. The molecule has 8 heteroatoms. The molecule has 2 amide bonds.